The van der Waals surface area contributed by atoms with Crippen molar-refractivity contribution in [2.24, 2.45) is 0 Å². The maximum absolute atomic E-state index is 12.5. The summed E-state index contributed by atoms with van der Waals surface area (Å²) in [5.74, 6) is 0.232. The van der Waals surface area contributed by atoms with Crippen LogP contribution in [-0.4, -0.2) is 67.8 Å². The Morgan fingerprint density at radius 2 is 0.763 bits per heavy atom. The number of benzene rings is 3. The fraction of sp³-hybridized carbons (Fsp3) is 0.455. The molecule has 4 rings (SSSR count). The van der Waals surface area contributed by atoms with Gasteiger partial charge in [0.15, 0.2) is 0 Å². The van der Waals surface area contributed by atoms with Crippen molar-refractivity contribution in [2.45, 2.75) is 131 Å². The fourth-order valence-electron chi connectivity index (χ4n) is 4.93. The highest BCUT2D eigenvalue weighted by Crippen LogP contribution is 2.28. The average Bonchev–Trinajstić information content (AvgIpc) is 3.12. The van der Waals surface area contributed by atoms with E-state index in [4.69, 9.17) is 28.4 Å². The number of ether oxygens (including phenoxy) is 6. The van der Waals surface area contributed by atoms with Crippen molar-refractivity contribution in [1.29, 1.82) is 0 Å². The lowest BCUT2D eigenvalue weighted by Crippen LogP contribution is -2.38. The molecule has 3 aromatic carbocycles. The van der Waals surface area contributed by atoms with Gasteiger partial charge in [0, 0.05) is 18.8 Å². The van der Waals surface area contributed by atoms with Crippen LogP contribution in [0.5, 0.6) is 35.3 Å². The average molecular weight is 815 g/mol. The van der Waals surface area contributed by atoms with Gasteiger partial charge >= 0.3 is 35.9 Å². The molecule has 1 unspecified atom stereocenters. The smallest absolute Gasteiger partial charge is 0.331 e. The van der Waals surface area contributed by atoms with E-state index in [0.717, 1.165) is 11.1 Å². The normalized spacial score (nSPS) is 13.4. The molecule has 0 saturated carbocycles. The van der Waals surface area contributed by atoms with Crippen LogP contribution in [0.3, 0.4) is 0 Å². The highest BCUT2D eigenvalue weighted by Gasteiger charge is 2.24. The summed E-state index contributed by atoms with van der Waals surface area (Å²) in [6.07, 6.45) is 0. The standard InChI is InChI=1S/C44H58N6O9/c1-27(36(51)57-42(4,5)6)45-25-30-13-19-33(20-14-30)54-39-48-40(55-34-21-15-31(16-22-34)26-46-28(2)37(52)58-43(7,8)9)50-41(49-39)56-35-23-17-32(18-24-35)47-29(3)38(53)59-44(10,11)12/h13-24,27-29,45-47H,25-26H2,1-12H3/t27-,28?,29-/m0/s1. The van der Waals surface area contributed by atoms with Crippen LogP contribution in [0.15, 0.2) is 72.8 Å². The van der Waals surface area contributed by atoms with Crippen molar-refractivity contribution in [2.75, 3.05) is 5.32 Å². The first kappa shape index (κ1) is 45.9. The minimum atomic E-state index is -0.602. The Balaban J connectivity index is 1.48. The van der Waals surface area contributed by atoms with Crippen LogP contribution in [-0.2, 0) is 41.7 Å². The van der Waals surface area contributed by atoms with E-state index in [1.165, 1.54) is 0 Å². The largest absolute Gasteiger partial charge is 0.459 e. The number of rotatable bonds is 17. The van der Waals surface area contributed by atoms with E-state index in [9.17, 15) is 14.4 Å². The van der Waals surface area contributed by atoms with Crippen molar-refractivity contribution in [3.8, 4) is 35.3 Å². The SMILES string of the molecule is CC(NCc1ccc(Oc2nc(Oc3ccc(CN[C@@H](C)C(=O)OC(C)(C)C)cc3)nc(Oc3ccc(N[C@@H](C)C(=O)OC(C)(C)C)cc3)n2)cc1)C(=O)OC(C)(C)C. The Morgan fingerprint density at radius 1 is 0.475 bits per heavy atom. The molecule has 15 heteroatoms. The van der Waals surface area contributed by atoms with Crippen molar-refractivity contribution in [3.63, 3.8) is 0 Å². The zero-order chi connectivity index (χ0) is 43.5. The zero-order valence-electron chi connectivity index (χ0n) is 36.1. The van der Waals surface area contributed by atoms with Gasteiger partial charge in [-0.3, -0.25) is 9.59 Å². The predicted molar refractivity (Wildman–Crippen MR) is 223 cm³/mol. The third kappa shape index (κ3) is 16.5. The van der Waals surface area contributed by atoms with E-state index >= 15 is 0 Å². The van der Waals surface area contributed by atoms with Crippen molar-refractivity contribution < 1.29 is 42.8 Å². The minimum Gasteiger partial charge on any atom is -0.459 e. The van der Waals surface area contributed by atoms with Crippen LogP contribution in [0, 0.1) is 0 Å². The zero-order valence-corrected chi connectivity index (χ0v) is 36.1. The highest BCUT2D eigenvalue weighted by molar-refractivity contribution is 5.79. The molecule has 318 valence electrons. The summed E-state index contributed by atoms with van der Waals surface area (Å²) in [5.41, 5.74) is 0.745. The van der Waals surface area contributed by atoms with Gasteiger partial charge in [0.05, 0.1) is 0 Å². The molecule has 0 spiro atoms. The van der Waals surface area contributed by atoms with Gasteiger partial charge in [-0.05, 0) is 143 Å². The maximum Gasteiger partial charge on any atom is 0.331 e. The number of hydrogen-bond acceptors (Lipinski definition) is 15. The molecule has 1 heterocycles. The number of carbonyl (C=O) groups excluding carboxylic acids is 3. The maximum atomic E-state index is 12.5. The van der Waals surface area contributed by atoms with E-state index in [0.29, 0.717) is 36.0 Å². The molecular formula is C44H58N6O9. The van der Waals surface area contributed by atoms with Crippen molar-refractivity contribution in [3.05, 3.63) is 83.9 Å². The summed E-state index contributed by atoms with van der Waals surface area (Å²) in [6, 6.07) is 19.5. The molecule has 1 aromatic heterocycles. The van der Waals surface area contributed by atoms with Gasteiger partial charge < -0.3 is 44.4 Å². The Morgan fingerprint density at radius 3 is 1.07 bits per heavy atom. The van der Waals surface area contributed by atoms with Gasteiger partial charge in [-0.1, -0.05) is 24.3 Å². The van der Waals surface area contributed by atoms with Crippen LogP contribution < -0.4 is 30.2 Å². The minimum absolute atomic E-state index is 0.0872. The lowest BCUT2D eigenvalue weighted by molar-refractivity contribution is -0.158. The predicted octanol–water partition coefficient (Wildman–Crippen LogP) is 8.03. The first-order chi connectivity index (χ1) is 27.5. The second-order valence-electron chi connectivity index (χ2n) is 17.0. The molecule has 15 nitrogen and oxygen atoms in total. The van der Waals surface area contributed by atoms with E-state index in [-0.39, 0.29) is 35.9 Å². The Labute approximate surface area is 346 Å². The van der Waals surface area contributed by atoms with Crippen LogP contribution in [0.25, 0.3) is 0 Å². The Kier molecular flexibility index (Phi) is 15.4. The first-order valence-corrected chi connectivity index (χ1v) is 19.5. The number of esters is 3. The van der Waals surface area contributed by atoms with Crippen LogP contribution >= 0.6 is 0 Å². The molecule has 59 heavy (non-hydrogen) atoms. The molecule has 3 N–H and O–H groups in total. The lowest BCUT2D eigenvalue weighted by atomic mass is 10.2. The van der Waals surface area contributed by atoms with Crippen LogP contribution in [0.4, 0.5) is 5.69 Å². The monoisotopic (exact) mass is 814 g/mol. The van der Waals surface area contributed by atoms with Crippen molar-refractivity contribution in [1.82, 2.24) is 25.6 Å². The molecule has 0 radical (unpaired) electrons. The number of nitrogens with zero attached hydrogens (tertiary/aromatic N) is 3. The Bertz CT molecular complexity index is 1900. The highest BCUT2D eigenvalue weighted by atomic mass is 16.6. The van der Waals surface area contributed by atoms with Gasteiger partial charge in [-0.2, -0.15) is 0 Å². The topological polar surface area (TPSA) is 181 Å². The molecule has 0 fully saturated rings. The number of anilines is 1. The van der Waals surface area contributed by atoms with Gasteiger partial charge in [0.1, 0.15) is 52.2 Å². The summed E-state index contributed by atoms with van der Waals surface area (Å²) in [5, 5.41) is 9.48. The second kappa shape index (κ2) is 19.8. The van der Waals surface area contributed by atoms with Gasteiger partial charge in [0.25, 0.3) is 0 Å². The number of nitrogens with one attached hydrogen (secondary N) is 3. The molecule has 0 aliphatic heterocycles. The summed E-state index contributed by atoms with van der Waals surface area (Å²) in [7, 11) is 0. The van der Waals surface area contributed by atoms with E-state index in [1.54, 1.807) is 69.3 Å². The second-order valence-corrected chi connectivity index (χ2v) is 17.0. The van der Waals surface area contributed by atoms with Gasteiger partial charge in [-0.25, -0.2) is 4.79 Å². The van der Waals surface area contributed by atoms with Crippen LogP contribution in [0.1, 0.15) is 94.2 Å². The Hall–Kier alpha value is -5.80. The number of hydrogen-bond donors (Lipinski definition) is 3. The van der Waals surface area contributed by atoms with E-state index in [2.05, 4.69) is 30.9 Å². The van der Waals surface area contributed by atoms with E-state index < -0.39 is 34.9 Å². The van der Waals surface area contributed by atoms with E-state index in [1.807, 2.05) is 86.6 Å². The molecular weight excluding hydrogens is 757 g/mol. The van der Waals surface area contributed by atoms with Crippen molar-refractivity contribution >= 4 is 23.6 Å². The molecule has 0 bridgehead atoms. The molecule has 4 aromatic rings. The number of aromatic nitrogens is 3. The molecule has 3 atom stereocenters. The number of carbonyl (C=O) groups is 3. The summed E-state index contributed by atoms with van der Waals surface area (Å²) in [4.78, 5) is 50.4. The summed E-state index contributed by atoms with van der Waals surface area (Å²) >= 11 is 0. The quantitative estimate of drug-likeness (QED) is 0.0688. The van der Waals surface area contributed by atoms with Crippen LogP contribution in [0.2, 0.25) is 0 Å². The summed E-state index contributed by atoms with van der Waals surface area (Å²) in [6.45, 7) is 22.5. The lowest BCUT2D eigenvalue weighted by Gasteiger charge is -2.23. The first-order valence-electron chi connectivity index (χ1n) is 19.5. The molecule has 0 saturated heterocycles. The summed E-state index contributed by atoms with van der Waals surface area (Å²) < 4.78 is 34.5. The third-order valence-electron chi connectivity index (χ3n) is 7.79. The molecule has 0 amide bonds. The molecule has 0 aliphatic rings. The van der Waals surface area contributed by atoms with Gasteiger partial charge in [0.2, 0.25) is 0 Å². The fourth-order valence-corrected chi connectivity index (χ4v) is 4.93. The molecule has 0 aliphatic carbocycles. The third-order valence-corrected chi connectivity index (χ3v) is 7.79. The van der Waals surface area contributed by atoms with Gasteiger partial charge in [-0.15, -0.1) is 15.0 Å².